The predicted molar refractivity (Wildman–Crippen MR) is 52.7 cm³/mol. The van der Waals surface area contributed by atoms with Crippen LogP contribution in [-0.4, -0.2) is 15.6 Å². The van der Waals surface area contributed by atoms with Gasteiger partial charge in [0.1, 0.15) is 5.69 Å². The van der Waals surface area contributed by atoms with Crippen LogP contribution in [0.15, 0.2) is 0 Å². The van der Waals surface area contributed by atoms with Crippen LogP contribution >= 0.6 is 0 Å². The summed E-state index contributed by atoms with van der Waals surface area (Å²) >= 11 is 0. The molecular weight excluding hydrogens is 233 g/mol. The second kappa shape index (κ2) is 3.11. The van der Waals surface area contributed by atoms with Crippen molar-refractivity contribution in [1.82, 2.24) is 9.78 Å². The molecule has 2 aliphatic rings. The summed E-state index contributed by atoms with van der Waals surface area (Å²) in [7, 11) is 0. The summed E-state index contributed by atoms with van der Waals surface area (Å²) in [6.07, 6.45) is -3.23. The fourth-order valence-electron chi connectivity index (χ4n) is 2.65. The Kier molecular flexibility index (Phi) is 1.98. The number of carbonyl (C=O) groups excluding carboxylic acids is 1. The number of aryl methyl sites for hydroxylation is 1. The molecule has 2 unspecified atom stereocenters. The predicted octanol–water partition coefficient (Wildman–Crippen LogP) is 2.61. The van der Waals surface area contributed by atoms with Gasteiger partial charge in [-0.1, -0.05) is 6.92 Å². The van der Waals surface area contributed by atoms with Gasteiger partial charge in [0, 0.05) is 18.0 Å². The third-order valence-corrected chi connectivity index (χ3v) is 3.42. The molecule has 0 radical (unpaired) electrons. The molecule has 2 atom stereocenters. The molecule has 3 nitrogen and oxygen atoms in total. The van der Waals surface area contributed by atoms with Gasteiger partial charge in [-0.25, -0.2) is 0 Å². The molecule has 1 fully saturated rings. The molecule has 0 N–H and O–H groups in total. The van der Waals surface area contributed by atoms with E-state index in [2.05, 4.69) is 5.10 Å². The lowest BCUT2D eigenvalue weighted by atomic mass is 10.1. The molecule has 0 saturated heterocycles. The zero-order valence-electron chi connectivity index (χ0n) is 9.21. The van der Waals surface area contributed by atoms with Crippen molar-refractivity contribution >= 4 is 5.78 Å². The van der Waals surface area contributed by atoms with Gasteiger partial charge in [0.05, 0.1) is 0 Å². The lowest BCUT2D eigenvalue weighted by Crippen LogP contribution is -2.12. The standard InChI is InChI=1S/C11H11F3N2O/c1-2-3-16-8-7(5-4-6(5)9(8)17)10(15-16)11(12,13)14/h5-6H,2-4H2,1H3. The van der Waals surface area contributed by atoms with Gasteiger partial charge >= 0.3 is 6.18 Å². The number of ketones is 1. The number of halogens is 3. The average Bonchev–Trinajstić information content (AvgIpc) is 2.84. The van der Waals surface area contributed by atoms with Gasteiger partial charge in [0.25, 0.3) is 0 Å². The Morgan fingerprint density at radius 1 is 1.41 bits per heavy atom. The third kappa shape index (κ3) is 1.36. The van der Waals surface area contributed by atoms with E-state index in [-0.39, 0.29) is 28.9 Å². The minimum Gasteiger partial charge on any atom is -0.292 e. The Morgan fingerprint density at radius 3 is 2.71 bits per heavy atom. The first-order valence-electron chi connectivity index (χ1n) is 5.67. The molecule has 0 aromatic carbocycles. The van der Waals surface area contributed by atoms with Crippen LogP contribution in [-0.2, 0) is 12.7 Å². The Morgan fingerprint density at radius 2 is 2.12 bits per heavy atom. The summed E-state index contributed by atoms with van der Waals surface area (Å²) in [6, 6.07) is 0. The van der Waals surface area contributed by atoms with E-state index in [0.29, 0.717) is 19.4 Å². The van der Waals surface area contributed by atoms with Crippen molar-refractivity contribution in [2.75, 3.05) is 0 Å². The number of Topliss-reactive ketones (excluding diaryl/α,β-unsaturated/α-hetero) is 1. The highest BCUT2D eigenvalue weighted by atomic mass is 19.4. The highest BCUT2D eigenvalue weighted by Crippen LogP contribution is 2.58. The van der Waals surface area contributed by atoms with E-state index in [1.54, 1.807) is 0 Å². The second-order valence-electron chi connectivity index (χ2n) is 4.64. The molecule has 1 aromatic heterocycles. The van der Waals surface area contributed by atoms with Crippen LogP contribution in [0.5, 0.6) is 0 Å². The molecule has 1 saturated carbocycles. The third-order valence-electron chi connectivity index (χ3n) is 3.42. The highest BCUT2D eigenvalue weighted by molar-refractivity contribution is 6.05. The molecule has 0 amide bonds. The number of hydrogen-bond acceptors (Lipinski definition) is 2. The number of alkyl halides is 3. The number of fused-ring (bicyclic) bond motifs is 3. The molecule has 17 heavy (non-hydrogen) atoms. The van der Waals surface area contributed by atoms with Crippen LogP contribution < -0.4 is 0 Å². The van der Waals surface area contributed by atoms with Gasteiger partial charge in [-0.2, -0.15) is 18.3 Å². The van der Waals surface area contributed by atoms with Crippen molar-refractivity contribution < 1.29 is 18.0 Å². The van der Waals surface area contributed by atoms with Crippen LogP contribution in [0.2, 0.25) is 0 Å². The summed E-state index contributed by atoms with van der Waals surface area (Å²) in [5.41, 5.74) is -0.485. The Hall–Kier alpha value is -1.33. The van der Waals surface area contributed by atoms with E-state index in [1.165, 1.54) is 4.68 Å². The van der Waals surface area contributed by atoms with Crippen LogP contribution in [0.25, 0.3) is 0 Å². The van der Waals surface area contributed by atoms with Crippen molar-refractivity contribution in [3.63, 3.8) is 0 Å². The number of rotatable bonds is 2. The molecule has 3 rings (SSSR count). The summed E-state index contributed by atoms with van der Waals surface area (Å²) < 4.78 is 39.7. The van der Waals surface area contributed by atoms with Crippen molar-refractivity contribution in [1.29, 1.82) is 0 Å². The molecule has 6 heteroatoms. The van der Waals surface area contributed by atoms with E-state index < -0.39 is 11.9 Å². The quantitative estimate of drug-likeness (QED) is 0.801. The van der Waals surface area contributed by atoms with Crippen molar-refractivity contribution in [2.45, 2.75) is 38.4 Å². The van der Waals surface area contributed by atoms with Crippen molar-refractivity contribution in [3.05, 3.63) is 17.0 Å². The van der Waals surface area contributed by atoms with Crippen molar-refractivity contribution in [2.24, 2.45) is 5.92 Å². The smallest absolute Gasteiger partial charge is 0.292 e. The first kappa shape index (κ1) is 10.8. The number of hydrogen-bond donors (Lipinski definition) is 0. The maximum atomic E-state index is 12.8. The van der Waals surface area contributed by atoms with E-state index in [4.69, 9.17) is 0 Å². The molecule has 0 spiro atoms. The Bertz CT molecular complexity index is 504. The first-order valence-corrected chi connectivity index (χ1v) is 5.67. The molecule has 0 aliphatic heterocycles. The summed E-state index contributed by atoms with van der Waals surface area (Å²) in [6.45, 7) is 2.21. The molecule has 92 valence electrons. The van der Waals surface area contributed by atoms with Gasteiger partial charge < -0.3 is 0 Å². The number of aromatic nitrogens is 2. The minimum absolute atomic E-state index is 0.151. The zero-order valence-corrected chi connectivity index (χ0v) is 9.21. The molecule has 1 heterocycles. The molecule has 2 aliphatic carbocycles. The molecular formula is C11H11F3N2O. The number of carbonyl (C=O) groups is 1. The first-order chi connectivity index (χ1) is 7.95. The normalized spacial score (nSPS) is 26.0. The topological polar surface area (TPSA) is 34.9 Å². The van der Waals surface area contributed by atoms with E-state index in [0.717, 1.165) is 0 Å². The molecule has 1 aromatic rings. The SMILES string of the molecule is CCCn1nc(C(F)(F)F)c2c1C(=O)C1CC21. The molecule has 0 bridgehead atoms. The fraction of sp³-hybridized carbons (Fsp3) is 0.636. The highest BCUT2D eigenvalue weighted by Gasteiger charge is 2.58. The minimum atomic E-state index is -4.46. The lowest BCUT2D eigenvalue weighted by Gasteiger charge is -2.04. The maximum absolute atomic E-state index is 12.8. The van der Waals surface area contributed by atoms with Gasteiger partial charge in [-0.05, 0) is 18.8 Å². The van der Waals surface area contributed by atoms with E-state index in [9.17, 15) is 18.0 Å². The number of nitrogens with zero attached hydrogens (tertiary/aromatic N) is 2. The van der Waals surface area contributed by atoms with Gasteiger partial charge in [-0.3, -0.25) is 9.48 Å². The van der Waals surface area contributed by atoms with Crippen LogP contribution in [0, 0.1) is 5.92 Å². The Labute approximate surface area is 95.6 Å². The van der Waals surface area contributed by atoms with Gasteiger partial charge in [0.2, 0.25) is 0 Å². The monoisotopic (exact) mass is 244 g/mol. The Balaban J connectivity index is 2.17. The van der Waals surface area contributed by atoms with Gasteiger partial charge in [-0.15, -0.1) is 0 Å². The van der Waals surface area contributed by atoms with Gasteiger partial charge in [0.15, 0.2) is 11.5 Å². The summed E-state index contributed by atoms with van der Waals surface area (Å²) in [4.78, 5) is 11.8. The van der Waals surface area contributed by atoms with E-state index in [1.807, 2.05) is 6.92 Å². The van der Waals surface area contributed by atoms with Crippen molar-refractivity contribution in [3.8, 4) is 0 Å². The van der Waals surface area contributed by atoms with Crippen LogP contribution in [0.4, 0.5) is 13.2 Å². The van der Waals surface area contributed by atoms with Crippen LogP contribution in [0.1, 0.15) is 47.4 Å². The lowest BCUT2D eigenvalue weighted by molar-refractivity contribution is -0.142. The maximum Gasteiger partial charge on any atom is 0.435 e. The average molecular weight is 244 g/mol. The second-order valence-corrected chi connectivity index (χ2v) is 4.64. The van der Waals surface area contributed by atoms with E-state index >= 15 is 0 Å². The van der Waals surface area contributed by atoms with Crippen LogP contribution in [0.3, 0.4) is 0 Å². The summed E-state index contributed by atoms with van der Waals surface area (Å²) in [5, 5.41) is 3.59. The largest absolute Gasteiger partial charge is 0.435 e. The fourth-order valence-corrected chi connectivity index (χ4v) is 2.65. The summed E-state index contributed by atoms with van der Waals surface area (Å²) in [5.74, 6) is -0.576. The zero-order chi connectivity index (χ0) is 12.4.